The Kier molecular flexibility index (Phi) is 6.37. The van der Waals surface area contributed by atoms with Gasteiger partial charge >= 0.3 is 6.09 Å². The Bertz CT molecular complexity index is 871. The SMILES string of the molecule is CC(C)(C)[S+]([O-])N[C@@H]1c2cc(C#C[Si](C)(C)C)ccc2CC12CCN(C(=O)O)CC2. The Morgan fingerprint density at radius 1 is 1.30 bits per heavy atom. The molecule has 1 unspecified atom stereocenters. The van der Waals surface area contributed by atoms with Gasteiger partial charge in [0.15, 0.2) is 0 Å². The van der Waals surface area contributed by atoms with E-state index in [-0.39, 0.29) is 16.2 Å². The summed E-state index contributed by atoms with van der Waals surface area (Å²) >= 11 is -1.21. The van der Waals surface area contributed by atoms with Crippen molar-refractivity contribution in [2.45, 2.75) is 70.5 Å². The lowest BCUT2D eigenvalue weighted by atomic mass is 9.73. The molecule has 30 heavy (non-hydrogen) atoms. The predicted octanol–water partition coefficient (Wildman–Crippen LogP) is 4.32. The Balaban J connectivity index is 1.96. The summed E-state index contributed by atoms with van der Waals surface area (Å²) in [7, 11) is -1.48. The number of likely N-dealkylation sites (tertiary alicyclic amines) is 1. The molecule has 1 aromatic rings. The second kappa shape index (κ2) is 8.23. The Morgan fingerprint density at radius 2 is 1.93 bits per heavy atom. The minimum atomic E-state index is -1.48. The second-order valence-corrected chi connectivity index (χ2v) is 17.4. The van der Waals surface area contributed by atoms with E-state index in [9.17, 15) is 14.5 Å². The first kappa shape index (κ1) is 23.2. The third-order valence-electron chi connectivity index (χ3n) is 6.00. The average Bonchev–Trinajstić information content (AvgIpc) is 2.91. The van der Waals surface area contributed by atoms with Crippen molar-refractivity contribution in [3.05, 3.63) is 34.9 Å². The molecule has 0 saturated carbocycles. The number of amides is 1. The maximum Gasteiger partial charge on any atom is 0.407 e. The van der Waals surface area contributed by atoms with Gasteiger partial charge < -0.3 is 14.6 Å². The fourth-order valence-corrected chi connectivity index (χ4v) is 5.72. The smallest absolute Gasteiger partial charge is 0.407 e. The van der Waals surface area contributed by atoms with Gasteiger partial charge in [0.1, 0.15) is 12.8 Å². The van der Waals surface area contributed by atoms with Gasteiger partial charge in [-0.3, -0.25) is 0 Å². The number of hydrogen-bond donors (Lipinski definition) is 2. The Hall–Kier alpha value is -1.46. The monoisotopic (exact) mass is 446 g/mol. The van der Waals surface area contributed by atoms with Crippen molar-refractivity contribution < 1.29 is 14.5 Å². The van der Waals surface area contributed by atoms with E-state index in [4.69, 9.17) is 0 Å². The van der Waals surface area contributed by atoms with Crippen LogP contribution >= 0.6 is 0 Å². The van der Waals surface area contributed by atoms with E-state index < -0.39 is 25.5 Å². The van der Waals surface area contributed by atoms with Gasteiger partial charge in [-0.25, -0.2) is 4.79 Å². The molecule has 164 valence electrons. The van der Waals surface area contributed by atoms with Crippen LogP contribution in [0.15, 0.2) is 18.2 Å². The van der Waals surface area contributed by atoms with Crippen molar-refractivity contribution in [3.63, 3.8) is 0 Å². The van der Waals surface area contributed by atoms with Gasteiger partial charge in [-0.05, 0) is 63.3 Å². The van der Waals surface area contributed by atoms with Gasteiger partial charge in [0.25, 0.3) is 0 Å². The molecule has 1 amide bonds. The molecule has 1 aromatic carbocycles. The van der Waals surface area contributed by atoms with E-state index >= 15 is 0 Å². The molecule has 0 bridgehead atoms. The molecule has 2 atom stereocenters. The highest BCUT2D eigenvalue weighted by Crippen LogP contribution is 2.52. The summed E-state index contributed by atoms with van der Waals surface area (Å²) in [5, 5.41) is 9.37. The highest BCUT2D eigenvalue weighted by Gasteiger charge is 2.50. The second-order valence-electron chi connectivity index (χ2n) is 10.7. The molecule has 0 aromatic heterocycles. The summed E-state index contributed by atoms with van der Waals surface area (Å²) in [6.07, 6.45) is 1.56. The largest absolute Gasteiger partial charge is 0.598 e. The standard InChI is InChI=1S/C23H34N2O3SSi/c1-22(2,3)29(28)24-20-19-15-17(9-14-30(4,5)6)7-8-18(19)16-23(20)10-12-25(13-11-23)21(26)27/h7-8,15,20,24H,10-13,16H2,1-6H3,(H,26,27)/t20-,29?/m1/s1. The lowest BCUT2D eigenvalue weighted by Gasteiger charge is -2.43. The molecule has 1 aliphatic heterocycles. The van der Waals surface area contributed by atoms with Gasteiger partial charge in [0, 0.05) is 35.4 Å². The quantitative estimate of drug-likeness (QED) is 0.403. The topological polar surface area (TPSA) is 75.6 Å². The van der Waals surface area contributed by atoms with E-state index in [1.165, 1.54) is 16.0 Å². The Morgan fingerprint density at radius 3 is 2.47 bits per heavy atom. The van der Waals surface area contributed by atoms with Crippen LogP contribution < -0.4 is 4.72 Å². The lowest BCUT2D eigenvalue weighted by Crippen LogP contribution is -2.50. The summed E-state index contributed by atoms with van der Waals surface area (Å²) in [6, 6.07) is 6.36. The van der Waals surface area contributed by atoms with Crippen molar-refractivity contribution in [3.8, 4) is 11.5 Å². The van der Waals surface area contributed by atoms with E-state index in [2.05, 4.69) is 54.0 Å². The zero-order chi connectivity index (χ0) is 22.3. The third kappa shape index (κ3) is 5.05. The van der Waals surface area contributed by atoms with Crippen molar-refractivity contribution in [2.75, 3.05) is 13.1 Å². The summed E-state index contributed by atoms with van der Waals surface area (Å²) in [4.78, 5) is 12.9. The van der Waals surface area contributed by atoms with Crippen LogP contribution in [0.5, 0.6) is 0 Å². The lowest BCUT2D eigenvalue weighted by molar-refractivity contribution is 0.0764. The fourth-order valence-electron chi connectivity index (χ4n) is 4.25. The van der Waals surface area contributed by atoms with Gasteiger partial charge in [0.2, 0.25) is 0 Å². The van der Waals surface area contributed by atoms with Gasteiger partial charge in [-0.15, -0.1) is 10.3 Å². The number of carbonyl (C=O) groups is 1. The van der Waals surface area contributed by atoms with Crippen molar-refractivity contribution >= 4 is 25.5 Å². The summed E-state index contributed by atoms with van der Waals surface area (Å²) in [5.74, 6) is 3.35. The molecule has 3 rings (SSSR count). The highest BCUT2D eigenvalue weighted by atomic mass is 32.2. The molecule has 1 spiro atoms. The minimum absolute atomic E-state index is 0.0582. The van der Waals surface area contributed by atoms with Crippen molar-refractivity contribution in [1.29, 1.82) is 0 Å². The van der Waals surface area contributed by atoms with E-state index in [1.54, 1.807) is 0 Å². The van der Waals surface area contributed by atoms with E-state index in [0.29, 0.717) is 13.1 Å². The molecule has 7 heteroatoms. The molecule has 1 aliphatic carbocycles. The third-order valence-corrected chi connectivity index (χ3v) is 8.44. The molecule has 2 N–H and O–H groups in total. The number of hydrogen-bond acceptors (Lipinski definition) is 3. The van der Waals surface area contributed by atoms with Crippen LogP contribution in [0.25, 0.3) is 0 Å². The van der Waals surface area contributed by atoms with Crippen LogP contribution in [-0.4, -0.2) is 46.6 Å². The molecule has 1 fully saturated rings. The molecular formula is C23H34N2O3SSi. The normalized spacial score (nSPS) is 21.7. The molecule has 5 nitrogen and oxygen atoms in total. The number of carboxylic acid groups (broad SMARTS) is 1. The number of benzene rings is 1. The van der Waals surface area contributed by atoms with Gasteiger partial charge in [-0.2, -0.15) is 0 Å². The first-order valence-corrected chi connectivity index (χ1v) is 15.3. The first-order chi connectivity index (χ1) is 13.8. The first-order valence-electron chi connectivity index (χ1n) is 10.6. The molecular weight excluding hydrogens is 412 g/mol. The Labute approximate surface area is 184 Å². The number of piperidine rings is 1. The maximum atomic E-state index is 13.0. The number of nitrogens with zero attached hydrogens (tertiary/aromatic N) is 1. The minimum Gasteiger partial charge on any atom is -0.598 e. The zero-order valence-corrected chi connectivity index (χ0v) is 20.8. The molecule has 1 heterocycles. The van der Waals surface area contributed by atoms with Crippen LogP contribution in [0.4, 0.5) is 4.79 Å². The van der Waals surface area contributed by atoms with Crippen molar-refractivity contribution in [1.82, 2.24) is 9.62 Å². The molecule has 1 saturated heterocycles. The van der Waals surface area contributed by atoms with Crippen LogP contribution in [0, 0.1) is 16.9 Å². The summed E-state index contributed by atoms with van der Waals surface area (Å²) in [6.45, 7) is 13.7. The van der Waals surface area contributed by atoms with E-state index in [0.717, 1.165) is 24.8 Å². The maximum absolute atomic E-state index is 13.0. The highest BCUT2D eigenvalue weighted by molar-refractivity contribution is 7.90. The van der Waals surface area contributed by atoms with Crippen LogP contribution in [0.1, 0.15) is 56.3 Å². The van der Waals surface area contributed by atoms with Crippen LogP contribution in [0.3, 0.4) is 0 Å². The number of rotatable bonds is 2. The average molecular weight is 447 g/mol. The van der Waals surface area contributed by atoms with Crippen LogP contribution in [0.2, 0.25) is 19.6 Å². The van der Waals surface area contributed by atoms with Gasteiger partial charge in [0.05, 0.1) is 6.04 Å². The zero-order valence-electron chi connectivity index (χ0n) is 19.0. The molecule has 2 aliphatic rings. The predicted molar refractivity (Wildman–Crippen MR) is 125 cm³/mol. The summed E-state index contributed by atoms with van der Waals surface area (Å²) < 4.78 is 16.1. The van der Waals surface area contributed by atoms with Crippen LogP contribution in [-0.2, 0) is 17.8 Å². The van der Waals surface area contributed by atoms with Crippen molar-refractivity contribution in [2.24, 2.45) is 5.41 Å². The number of fused-ring (bicyclic) bond motifs is 1. The van der Waals surface area contributed by atoms with Gasteiger partial charge in [-0.1, -0.05) is 31.6 Å². The fraction of sp³-hybridized carbons (Fsp3) is 0.609. The number of nitrogens with one attached hydrogen (secondary N) is 1. The molecule has 0 radical (unpaired) electrons. The summed E-state index contributed by atoms with van der Waals surface area (Å²) in [5.41, 5.74) is 6.77. The van der Waals surface area contributed by atoms with E-state index in [1.807, 2.05) is 20.8 Å².